The van der Waals surface area contributed by atoms with Gasteiger partial charge in [-0.15, -0.1) is 0 Å². The van der Waals surface area contributed by atoms with Gasteiger partial charge in [0, 0.05) is 25.7 Å². The molecule has 0 heterocycles. The normalized spacial score (nSPS) is 14.6. The first kappa shape index (κ1) is 85.1. The van der Waals surface area contributed by atoms with Crippen LogP contribution in [-0.4, -0.2) is 96.7 Å². The molecule has 0 spiro atoms. The minimum Gasteiger partial charge on any atom is -0.462 e. The van der Waals surface area contributed by atoms with E-state index in [4.69, 9.17) is 37.0 Å². The summed E-state index contributed by atoms with van der Waals surface area (Å²) in [5.74, 6) is 0.814. The molecule has 0 radical (unpaired) electrons. The van der Waals surface area contributed by atoms with E-state index < -0.39 is 97.5 Å². The maximum atomic E-state index is 13.0. The molecule has 0 saturated carbocycles. The predicted molar refractivity (Wildman–Crippen MR) is 349 cm³/mol. The first-order valence-electron chi connectivity index (χ1n) is 35.2. The average Bonchev–Trinajstić information content (AvgIpc) is 3.66. The second kappa shape index (κ2) is 57.9. The fourth-order valence-electron chi connectivity index (χ4n) is 10.1. The molecule has 4 unspecified atom stereocenters. The minimum absolute atomic E-state index is 0.102. The monoisotopic (exact) mass is 1280 g/mol. The fraction of sp³-hybridized carbons (Fsp3) is 0.941. The zero-order chi connectivity index (χ0) is 64.7. The third kappa shape index (κ3) is 61.3. The Hall–Kier alpha value is -1.94. The van der Waals surface area contributed by atoms with Crippen LogP contribution in [0.5, 0.6) is 0 Å². The number of carbonyl (C=O) groups is 4. The van der Waals surface area contributed by atoms with E-state index >= 15 is 0 Å². The summed E-state index contributed by atoms with van der Waals surface area (Å²) in [4.78, 5) is 72.4. The zero-order valence-corrected chi connectivity index (χ0v) is 58.4. The molecule has 6 atom stereocenters. The molecule has 0 fully saturated rings. The van der Waals surface area contributed by atoms with Crippen LogP contribution in [0.2, 0.25) is 0 Å². The number of ether oxygens (including phenoxy) is 4. The highest BCUT2D eigenvalue weighted by atomic mass is 31.2. The summed E-state index contributed by atoms with van der Waals surface area (Å²) in [6.07, 6.45) is 39.0. The fourth-order valence-corrected chi connectivity index (χ4v) is 11.7. The Bertz CT molecular complexity index is 1730. The molecule has 0 aliphatic carbocycles. The van der Waals surface area contributed by atoms with E-state index in [1.54, 1.807) is 0 Å². The third-order valence-electron chi connectivity index (χ3n) is 15.9. The lowest BCUT2D eigenvalue weighted by atomic mass is 10.00. The topological polar surface area (TPSA) is 237 Å². The molecule has 0 aromatic heterocycles. The molecule has 87 heavy (non-hydrogen) atoms. The standard InChI is InChI=1S/C68H132O17P2/c1-9-61(8)47-39-31-26-27-35-43-51-68(73)85-64(55-79-66(71)49-41-33-24-19-17-22-30-38-46-60(6)7)57-83-87(76,77)81-53-62(69)52-80-86(74,75)82-56-63(54-78-65(70)48-40-32-23-18-16-21-29-37-45-59(4)5)84-67(72)50-42-34-25-15-13-11-10-12-14-20-28-36-44-58(2)3/h58-64,69H,9-57H2,1-8H3,(H,74,75)(H,76,77)/t61?,62?,63-,64-/m1/s1. The first-order chi connectivity index (χ1) is 41.6. The van der Waals surface area contributed by atoms with E-state index in [0.717, 1.165) is 114 Å². The van der Waals surface area contributed by atoms with Gasteiger partial charge in [-0.25, -0.2) is 9.13 Å². The van der Waals surface area contributed by atoms with Crippen LogP contribution in [0.15, 0.2) is 0 Å². The highest BCUT2D eigenvalue weighted by molar-refractivity contribution is 7.47. The molecule has 19 heteroatoms. The summed E-state index contributed by atoms with van der Waals surface area (Å²) in [6, 6.07) is 0. The largest absolute Gasteiger partial charge is 0.472 e. The SMILES string of the molecule is CCC(C)CCCCCCCCC(=O)O[C@H](COC(=O)CCCCCCCCCCC(C)C)COP(=O)(O)OCC(O)COP(=O)(O)OC[C@@H](COC(=O)CCCCCCCCCCC(C)C)OC(=O)CCCCCCCCCCCCCCC(C)C. The highest BCUT2D eigenvalue weighted by Crippen LogP contribution is 2.45. The maximum Gasteiger partial charge on any atom is 0.472 e. The number of hydrogen-bond donors (Lipinski definition) is 3. The number of unbranched alkanes of at least 4 members (excludes halogenated alkanes) is 30. The Balaban J connectivity index is 5.25. The lowest BCUT2D eigenvalue weighted by Gasteiger charge is -2.21. The summed E-state index contributed by atoms with van der Waals surface area (Å²) < 4.78 is 68.2. The van der Waals surface area contributed by atoms with Crippen LogP contribution in [0.1, 0.15) is 331 Å². The predicted octanol–water partition coefficient (Wildman–Crippen LogP) is 18.9. The second-order valence-corrected chi connectivity index (χ2v) is 29.1. The molecule has 17 nitrogen and oxygen atoms in total. The maximum absolute atomic E-state index is 13.0. The average molecular weight is 1280 g/mol. The van der Waals surface area contributed by atoms with Crippen LogP contribution in [0.25, 0.3) is 0 Å². The van der Waals surface area contributed by atoms with Gasteiger partial charge in [-0.05, 0) is 49.4 Å². The second-order valence-electron chi connectivity index (χ2n) is 26.2. The van der Waals surface area contributed by atoms with Crippen molar-refractivity contribution in [2.45, 2.75) is 350 Å². The molecule has 0 aromatic carbocycles. The number of phosphoric ester groups is 2. The van der Waals surface area contributed by atoms with E-state index in [1.165, 1.54) is 135 Å². The zero-order valence-electron chi connectivity index (χ0n) is 56.6. The molecule has 0 saturated heterocycles. The van der Waals surface area contributed by atoms with E-state index in [2.05, 4.69) is 55.4 Å². The van der Waals surface area contributed by atoms with Gasteiger partial charge >= 0.3 is 39.5 Å². The van der Waals surface area contributed by atoms with Gasteiger partial charge in [0.25, 0.3) is 0 Å². The Kier molecular flexibility index (Phi) is 56.6. The summed E-state index contributed by atoms with van der Waals surface area (Å²) in [5, 5.41) is 10.6. The van der Waals surface area contributed by atoms with Crippen molar-refractivity contribution in [1.29, 1.82) is 0 Å². The van der Waals surface area contributed by atoms with E-state index in [9.17, 15) is 43.2 Å². The Morgan fingerprint density at radius 2 is 0.552 bits per heavy atom. The summed E-state index contributed by atoms with van der Waals surface area (Å²) in [6.45, 7) is 14.0. The number of esters is 4. The van der Waals surface area contributed by atoms with Crippen LogP contribution in [0, 0.1) is 23.7 Å². The third-order valence-corrected chi connectivity index (χ3v) is 17.8. The summed E-state index contributed by atoms with van der Waals surface area (Å²) in [5.41, 5.74) is 0. The van der Waals surface area contributed by atoms with Crippen LogP contribution in [0.4, 0.5) is 0 Å². The van der Waals surface area contributed by atoms with Gasteiger partial charge in [0.1, 0.15) is 19.3 Å². The minimum atomic E-state index is -4.95. The molecular weight excluding hydrogens is 1150 g/mol. The lowest BCUT2D eigenvalue weighted by Crippen LogP contribution is -2.30. The molecule has 0 rings (SSSR count). The first-order valence-corrected chi connectivity index (χ1v) is 38.2. The van der Waals surface area contributed by atoms with Crippen molar-refractivity contribution in [3.63, 3.8) is 0 Å². The molecule has 0 aliphatic heterocycles. The Morgan fingerprint density at radius 1 is 0.322 bits per heavy atom. The van der Waals surface area contributed by atoms with Crippen molar-refractivity contribution in [3.8, 4) is 0 Å². The summed E-state index contributed by atoms with van der Waals surface area (Å²) >= 11 is 0. The molecule has 0 amide bonds. The molecule has 3 N–H and O–H groups in total. The molecule has 0 aromatic rings. The van der Waals surface area contributed by atoms with Gasteiger partial charge in [0.15, 0.2) is 12.2 Å². The van der Waals surface area contributed by atoms with Crippen molar-refractivity contribution < 1.29 is 80.2 Å². The van der Waals surface area contributed by atoms with Crippen LogP contribution >= 0.6 is 15.6 Å². The van der Waals surface area contributed by atoms with Crippen molar-refractivity contribution in [1.82, 2.24) is 0 Å². The number of phosphoric acid groups is 2. The molecular formula is C68H132O17P2. The van der Waals surface area contributed by atoms with Crippen molar-refractivity contribution in [2.24, 2.45) is 23.7 Å². The van der Waals surface area contributed by atoms with Crippen LogP contribution in [-0.2, 0) is 65.4 Å². The van der Waals surface area contributed by atoms with Crippen molar-refractivity contribution in [3.05, 3.63) is 0 Å². The Labute approximate surface area is 530 Å². The quantitative estimate of drug-likeness (QED) is 0.0222. The number of carbonyl (C=O) groups excluding carboxylic acids is 4. The van der Waals surface area contributed by atoms with Crippen molar-refractivity contribution in [2.75, 3.05) is 39.6 Å². The van der Waals surface area contributed by atoms with Gasteiger partial charge in [-0.2, -0.15) is 0 Å². The number of hydrogen-bond acceptors (Lipinski definition) is 15. The smallest absolute Gasteiger partial charge is 0.462 e. The summed E-state index contributed by atoms with van der Waals surface area (Å²) in [7, 11) is -9.90. The van der Waals surface area contributed by atoms with E-state index in [1.807, 2.05) is 0 Å². The van der Waals surface area contributed by atoms with Gasteiger partial charge in [0.2, 0.25) is 0 Å². The van der Waals surface area contributed by atoms with E-state index in [-0.39, 0.29) is 25.7 Å². The van der Waals surface area contributed by atoms with Gasteiger partial charge in [0.05, 0.1) is 26.4 Å². The van der Waals surface area contributed by atoms with Crippen LogP contribution in [0.3, 0.4) is 0 Å². The van der Waals surface area contributed by atoms with Gasteiger partial charge < -0.3 is 33.8 Å². The van der Waals surface area contributed by atoms with E-state index in [0.29, 0.717) is 25.7 Å². The lowest BCUT2D eigenvalue weighted by molar-refractivity contribution is -0.161. The Morgan fingerprint density at radius 3 is 0.816 bits per heavy atom. The van der Waals surface area contributed by atoms with Crippen molar-refractivity contribution >= 4 is 39.5 Å². The number of aliphatic hydroxyl groups excluding tert-OH is 1. The van der Waals surface area contributed by atoms with Gasteiger partial charge in [-0.3, -0.25) is 37.3 Å². The van der Waals surface area contributed by atoms with Crippen LogP contribution < -0.4 is 0 Å². The van der Waals surface area contributed by atoms with Gasteiger partial charge in [-0.1, -0.05) is 280 Å². The molecule has 516 valence electrons. The molecule has 0 aliphatic rings. The number of aliphatic hydroxyl groups is 1. The molecule has 0 bridgehead atoms. The highest BCUT2D eigenvalue weighted by Gasteiger charge is 2.30. The number of rotatable bonds is 65.